The van der Waals surface area contributed by atoms with Crippen molar-refractivity contribution in [1.29, 1.82) is 0 Å². The Balaban J connectivity index is 2.05. The van der Waals surface area contributed by atoms with Crippen LogP contribution < -0.4 is 10.1 Å². The second-order valence-corrected chi connectivity index (χ2v) is 5.25. The molecule has 0 bridgehead atoms. The van der Waals surface area contributed by atoms with E-state index in [9.17, 15) is 0 Å². The Labute approximate surface area is 117 Å². The summed E-state index contributed by atoms with van der Waals surface area (Å²) >= 11 is 1.80. The van der Waals surface area contributed by atoms with Gasteiger partial charge in [0.15, 0.2) is 0 Å². The SMILES string of the molecule is CCNC(CCc1cccs1)c1cc(OC)ncn1. The predicted octanol–water partition coefficient (Wildman–Crippen LogP) is 2.83. The smallest absolute Gasteiger partial charge is 0.216 e. The quantitative estimate of drug-likeness (QED) is 0.845. The molecule has 1 atom stereocenters. The summed E-state index contributed by atoms with van der Waals surface area (Å²) in [6.45, 7) is 3.03. The molecule has 2 rings (SSSR count). The van der Waals surface area contributed by atoms with Crippen molar-refractivity contribution in [3.8, 4) is 5.88 Å². The van der Waals surface area contributed by atoms with Gasteiger partial charge >= 0.3 is 0 Å². The zero-order valence-electron chi connectivity index (χ0n) is 11.3. The minimum Gasteiger partial charge on any atom is -0.481 e. The molecule has 1 unspecified atom stereocenters. The van der Waals surface area contributed by atoms with E-state index >= 15 is 0 Å². The van der Waals surface area contributed by atoms with Crippen LogP contribution >= 0.6 is 11.3 Å². The van der Waals surface area contributed by atoms with Gasteiger partial charge in [0.05, 0.1) is 18.8 Å². The molecule has 0 aliphatic rings. The Bertz CT molecular complexity index is 487. The largest absolute Gasteiger partial charge is 0.481 e. The van der Waals surface area contributed by atoms with E-state index < -0.39 is 0 Å². The fourth-order valence-corrected chi connectivity index (χ4v) is 2.72. The second kappa shape index (κ2) is 7.21. The van der Waals surface area contributed by atoms with E-state index in [2.05, 4.69) is 39.7 Å². The molecule has 2 aromatic heterocycles. The maximum Gasteiger partial charge on any atom is 0.216 e. The zero-order chi connectivity index (χ0) is 13.5. The number of ether oxygens (including phenoxy) is 1. The van der Waals surface area contributed by atoms with E-state index in [1.807, 2.05) is 6.07 Å². The number of methoxy groups -OCH3 is 1. The summed E-state index contributed by atoms with van der Waals surface area (Å²) in [6, 6.07) is 6.41. The van der Waals surface area contributed by atoms with Gasteiger partial charge in [-0.05, 0) is 30.8 Å². The highest BCUT2D eigenvalue weighted by atomic mass is 32.1. The van der Waals surface area contributed by atoms with E-state index in [0.29, 0.717) is 5.88 Å². The van der Waals surface area contributed by atoms with Crippen molar-refractivity contribution in [2.75, 3.05) is 13.7 Å². The highest BCUT2D eigenvalue weighted by Gasteiger charge is 2.13. The summed E-state index contributed by atoms with van der Waals surface area (Å²) in [6.07, 6.45) is 3.64. The van der Waals surface area contributed by atoms with Gasteiger partial charge in [0, 0.05) is 10.9 Å². The average Bonchev–Trinajstić information content (AvgIpc) is 2.97. The van der Waals surface area contributed by atoms with Gasteiger partial charge in [0.25, 0.3) is 0 Å². The summed E-state index contributed by atoms with van der Waals surface area (Å²) in [4.78, 5) is 9.81. The van der Waals surface area contributed by atoms with Crippen molar-refractivity contribution in [1.82, 2.24) is 15.3 Å². The monoisotopic (exact) mass is 277 g/mol. The number of aryl methyl sites for hydroxylation is 1. The third kappa shape index (κ3) is 4.01. The van der Waals surface area contributed by atoms with Crippen LogP contribution in [-0.4, -0.2) is 23.6 Å². The van der Waals surface area contributed by atoms with Crippen molar-refractivity contribution in [2.45, 2.75) is 25.8 Å². The van der Waals surface area contributed by atoms with Crippen molar-refractivity contribution >= 4 is 11.3 Å². The highest BCUT2D eigenvalue weighted by Crippen LogP contribution is 2.21. The summed E-state index contributed by atoms with van der Waals surface area (Å²) in [5.41, 5.74) is 0.991. The minimum absolute atomic E-state index is 0.240. The van der Waals surface area contributed by atoms with E-state index in [-0.39, 0.29) is 6.04 Å². The molecule has 5 heteroatoms. The number of thiophene rings is 1. The van der Waals surface area contributed by atoms with Crippen LogP contribution in [0.1, 0.15) is 30.0 Å². The van der Waals surface area contributed by atoms with Gasteiger partial charge in [-0.25, -0.2) is 9.97 Å². The van der Waals surface area contributed by atoms with Gasteiger partial charge in [-0.2, -0.15) is 0 Å². The molecule has 0 fully saturated rings. The molecule has 4 nitrogen and oxygen atoms in total. The Hall–Kier alpha value is -1.46. The van der Waals surface area contributed by atoms with Crippen LogP contribution in [-0.2, 0) is 6.42 Å². The topological polar surface area (TPSA) is 47.0 Å². The van der Waals surface area contributed by atoms with Gasteiger partial charge in [-0.1, -0.05) is 13.0 Å². The molecule has 0 saturated carbocycles. The Kier molecular flexibility index (Phi) is 5.30. The van der Waals surface area contributed by atoms with Gasteiger partial charge in [-0.3, -0.25) is 0 Å². The maximum absolute atomic E-state index is 5.16. The lowest BCUT2D eigenvalue weighted by atomic mass is 10.1. The zero-order valence-corrected chi connectivity index (χ0v) is 12.1. The third-order valence-electron chi connectivity index (χ3n) is 2.94. The lowest BCUT2D eigenvalue weighted by Crippen LogP contribution is -2.22. The molecule has 19 heavy (non-hydrogen) atoms. The average molecular weight is 277 g/mol. The van der Waals surface area contributed by atoms with Crippen LogP contribution in [0.5, 0.6) is 5.88 Å². The van der Waals surface area contributed by atoms with E-state index in [0.717, 1.165) is 25.1 Å². The van der Waals surface area contributed by atoms with Gasteiger partial charge in [0.2, 0.25) is 5.88 Å². The molecule has 102 valence electrons. The fraction of sp³-hybridized carbons (Fsp3) is 0.429. The number of hydrogen-bond acceptors (Lipinski definition) is 5. The molecule has 0 aliphatic carbocycles. The van der Waals surface area contributed by atoms with E-state index in [1.54, 1.807) is 24.8 Å². The Morgan fingerprint density at radius 1 is 1.42 bits per heavy atom. The molecular weight excluding hydrogens is 258 g/mol. The van der Waals surface area contributed by atoms with Crippen molar-refractivity contribution in [2.24, 2.45) is 0 Å². The lowest BCUT2D eigenvalue weighted by Gasteiger charge is -2.17. The van der Waals surface area contributed by atoms with Crippen LogP contribution in [0, 0.1) is 0 Å². The van der Waals surface area contributed by atoms with Gasteiger partial charge in [-0.15, -0.1) is 11.3 Å². The molecule has 0 aromatic carbocycles. The molecule has 0 amide bonds. The second-order valence-electron chi connectivity index (χ2n) is 4.21. The molecule has 2 heterocycles. The first-order valence-electron chi connectivity index (χ1n) is 6.45. The number of nitrogens with one attached hydrogen (secondary N) is 1. The van der Waals surface area contributed by atoms with Crippen LogP contribution in [0.3, 0.4) is 0 Å². The number of aromatic nitrogens is 2. The van der Waals surface area contributed by atoms with E-state index in [4.69, 9.17) is 4.74 Å². The molecule has 0 spiro atoms. The van der Waals surface area contributed by atoms with Crippen LogP contribution in [0.15, 0.2) is 29.9 Å². The Morgan fingerprint density at radius 2 is 2.32 bits per heavy atom. The minimum atomic E-state index is 0.240. The fourth-order valence-electron chi connectivity index (χ4n) is 2.00. The van der Waals surface area contributed by atoms with Crippen LogP contribution in [0.4, 0.5) is 0 Å². The molecule has 0 saturated heterocycles. The van der Waals surface area contributed by atoms with Gasteiger partial charge in [0.1, 0.15) is 6.33 Å². The van der Waals surface area contributed by atoms with Crippen LogP contribution in [0.2, 0.25) is 0 Å². The molecular formula is C14H19N3OS. The normalized spacial score (nSPS) is 12.3. The molecule has 0 aliphatic heterocycles. The highest BCUT2D eigenvalue weighted by molar-refractivity contribution is 7.09. The molecule has 1 N–H and O–H groups in total. The molecule has 0 radical (unpaired) electrons. The number of rotatable bonds is 7. The number of nitrogens with zero attached hydrogens (tertiary/aromatic N) is 2. The van der Waals surface area contributed by atoms with Crippen LogP contribution in [0.25, 0.3) is 0 Å². The van der Waals surface area contributed by atoms with Gasteiger partial charge < -0.3 is 10.1 Å². The summed E-state index contributed by atoms with van der Waals surface area (Å²) in [7, 11) is 1.63. The lowest BCUT2D eigenvalue weighted by molar-refractivity contribution is 0.393. The first-order valence-corrected chi connectivity index (χ1v) is 7.33. The first kappa shape index (κ1) is 14.0. The summed E-state index contributed by atoms with van der Waals surface area (Å²) in [5, 5.41) is 5.59. The van der Waals surface area contributed by atoms with Crippen molar-refractivity contribution < 1.29 is 4.74 Å². The third-order valence-corrected chi connectivity index (χ3v) is 3.88. The maximum atomic E-state index is 5.16. The van der Waals surface area contributed by atoms with Crippen molar-refractivity contribution in [3.63, 3.8) is 0 Å². The Morgan fingerprint density at radius 3 is 3.00 bits per heavy atom. The standard InChI is InChI=1S/C14H19N3OS/c1-3-15-12(7-6-11-5-4-8-19-11)13-9-14(18-2)17-10-16-13/h4-5,8-10,12,15H,3,6-7H2,1-2H3. The molecule has 2 aromatic rings. The summed E-state index contributed by atoms with van der Waals surface area (Å²) < 4.78 is 5.16. The van der Waals surface area contributed by atoms with E-state index in [1.165, 1.54) is 4.88 Å². The first-order chi connectivity index (χ1) is 9.33. The summed E-state index contributed by atoms with van der Waals surface area (Å²) in [5.74, 6) is 0.615. The van der Waals surface area contributed by atoms with Crippen molar-refractivity contribution in [3.05, 3.63) is 40.5 Å². The predicted molar refractivity (Wildman–Crippen MR) is 77.6 cm³/mol. The number of hydrogen-bond donors (Lipinski definition) is 1.